The minimum atomic E-state index is -0.310. The number of amides is 1. The second-order valence-electron chi connectivity index (χ2n) is 5.59. The molecule has 1 unspecified atom stereocenters. The van der Waals surface area contributed by atoms with E-state index in [0.717, 1.165) is 11.1 Å². The molecular weight excluding hydrogens is 296 g/mol. The first-order chi connectivity index (χ1) is 10.5. The van der Waals surface area contributed by atoms with Crippen molar-refractivity contribution in [1.82, 2.24) is 9.80 Å². The maximum Gasteiger partial charge on any atom is 0.244 e. The van der Waals surface area contributed by atoms with Crippen LogP contribution in [0.25, 0.3) is 0 Å². The summed E-state index contributed by atoms with van der Waals surface area (Å²) in [6.45, 7) is 0.652. The Hall–Kier alpha value is -1.84. The minimum absolute atomic E-state index is 0.0655. The second-order valence-corrected chi connectivity index (χ2v) is 6.03. The van der Waals surface area contributed by atoms with E-state index < -0.39 is 0 Å². The highest BCUT2D eigenvalue weighted by molar-refractivity contribution is 6.30. The summed E-state index contributed by atoms with van der Waals surface area (Å²) in [5, 5.41) is 0.709. The van der Waals surface area contributed by atoms with Gasteiger partial charge in [0.05, 0.1) is 0 Å². The van der Waals surface area contributed by atoms with Crippen molar-refractivity contribution in [3.63, 3.8) is 0 Å². The van der Waals surface area contributed by atoms with Crippen LogP contribution in [0, 0.1) is 0 Å². The molecule has 4 heteroatoms. The van der Waals surface area contributed by atoms with Gasteiger partial charge in [0.2, 0.25) is 5.91 Å². The van der Waals surface area contributed by atoms with Gasteiger partial charge in [0.25, 0.3) is 0 Å². The fourth-order valence-electron chi connectivity index (χ4n) is 2.48. The van der Waals surface area contributed by atoms with Gasteiger partial charge in [-0.1, -0.05) is 54.1 Å². The van der Waals surface area contributed by atoms with Crippen LogP contribution in [0.1, 0.15) is 17.2 Å². The molecule has 0 saturated carbocycles. The van der Waals surface area contributed by atoms with Gasteiger partial charge in [-0.2, -0.15) is 0 Å². The van der Waals surface area contributed by atoms with E-state index in [0.29, 0.717) is 11.6 Å². The smallest absolute Gasteiger partial charge is 0.244 e. The molecule has 3 nitrogen and oxygen atoms in total. The highest BCUT2D eigenvalue weighted by Crippen LogP contribution is 2.23. The van der Waals surface area contributed by atoms with Gasteiger partial charge >= 0.3 is 0 Å². The molecule has 2 aromatic rings. The van der Waals surface area contributed by atoms with Crippen molar-refractivity contribution in [2.24, 2.45) is 0 Å². The second kappa shape index (κ2) is 7.43. The van der Waals surface area contributed by atoms with Gasteiger partial charge in [-0.05, 0) is 30.3 Å². The third-order valence-corrected chi connectivity index (χ3v) is 3.79. The average Bonchev–Trinajstić information content (AvgIpc) is 2.48. The molecule has 0 radical (unpaired) electrons. The van der Waals surface area contributed by atoms with Crippen LogP contribution in [0.5, 0.6) is 0 Å². The average molecular weight is 317 g/mol. The van der Waals surface area contributed by atoms with E-state index in [2.05, 4.69) is 0 Å². The zero-order valence-electron chi connectivity index (χ0n) is 13.2. The van der Waals surface area contributed by atoms with E-state index in [1.807, 2.05) is 66.5 Å². The molecule has 1 atom stereocenters. The molecular formula is C18H21ClN2O. The topological polar surface area (TPSA) is 23.6 Å². The minimum Gasteiger partial charge on any atom is -0.347 e. The van der Waals surface area contributed by atoms with Gasteiger partial charge in [0.15, 0.2) is 0 Å². The van der Waals surface area contributed by atoms with Crippen molar-refractivity contribution in [3.8, 4) is 0 Å². The van der Waals surface area contributed by atoms with Crippen LogP contribution in [0.3, 0.4) is 0 Å². The van der Waals surface area contributed by atoms with Crippen molar-refractivity contribution in [2.75, 3.05) is 21.1 Å². The predicted octanol–water partition coefficient (Wildman–Crippen LogP) is 3.60. The van der Waals surface area contributed by atoms with E-state index in [1.165, 1.54) is 0 Å². The molecule has 2 rings (SSSR count). The summed E-state index contributed by atoms with van der Waals surface area (Å²) in [6.07, 6.45) is 0. The van der Waals surface area contributed by atoms with E-state index in [9.17, 15) is 4.79 Å². The Morgan fingerprint density at radius 3 is 2.32 bits per heavy atom. The number of carbonyl (C=O) groups excluding carboxylic acids is 1. The number of likely N-dealkylation sites (N-methyl/N-ethyl adjacent to an activating group) is 2. The van der Waals surface area contributed by atoms with E-state index in [4.69, 9.17) is 11.6 Å². The quantitative estimate of drug-likeness (QED) is 0.841. The van der Waals surface area contributed by atoms with Crippen LogP contribution < -0.4 is 0 Å². The lowest BCUT2D eigenvalue weighted by molar-refractivity contribution is -0.134. The molecule has 0 heterocycles. The highest BCUT2D eigenvalue weighted by Gasteiger charge is 2.26. The Bertz CT molecular complexity index is 628. The fourth-order valence-corrected chi connectivity index (χ4v) is 2.69. The van der Waals surface area contributed by atoms with Gasteiger partial charge in [-0.3, -0.25) is 9.69 Å². The Morgan fingerprint density at radius 2 is 1.73 bits per heavy atom. The molecule has 0 saturated heterocycles. The summed E-state index contributed by atoms with van der Waals surface area (Å²) in [7, 11) is 5.52. The normalized spacial score (nSPS) is 12.2. The molecule has 0 fully saturated rings. The number of nitrogens with zero attached hydrogens (tertiary/aromatic N) is 2. The Kier molecular flexibility index (Phi) is 5.58. The SMILES string of the molecule is CN(C)C(=O)C(c1ccccc1)N(C)Cc1cccc(Cl)c1. The summed E-state index contributed by atoms with van der Waals surface area (Å²) in [5.41, 5.74) is 2.08. The Morgan fingerprint density at radius 1 is 1.05 bits per heavy atom. The van der Waals surface area contributed by atoms with E-state index in [1.54, 1.807) is 19.0 Å². The summed E-state index contributed by atoms with van der Waals surface area (Å²) in [5.74, 6) is 0.0655. The Balaban J connectivity index is 2.26. The molecule has 116 valence electrons. The third kappa shape index (κ3) is 4.09. The van der Waals surface area contributed by atoms with E-state index >= 15 is 0 Å². The van der Waals surface area contributed by atoms with Crippen LogP contribution in [-0.4, -0.2) is 36.9 Å². The lowest BCUT2D eigenvalue weighted by atomic mass is 10.0. The molecule has 0 aliphatic rings. The number of halogens is 1. The highest BCUT2D eigenvalue weighted by atomic mass is 35.5. The lowest BCUT2D eigenvalue weighted by Gasteiger charge is -2.29. The number of hydrogen-bond acceptors (Lipinski definition) is 2. The first-order valence-electron chi connectivity index (χ1n) is 7.20. The molecule has 0 bridgehead atoms. The molecule has 2 aromatic carbocycles. The molecule has 0 aliphatic carbocycles. The summed E-state index contributed by atoms with van der Waals surface area (Å²) in [6, 6.07) is 17.3. The monoisotopic (exact) mass is 316 g/mol. The van der Waals surface area contributed by atoms with E-state index in [-0.39, 0.29) is 11.9 Å². The van der Waals surface area contributed by atoms with Crippen molar-refractivity contribution >= 4 is 17.5 Å². The lowest BCUT2D eigenvalue weighted by Crippen LogP contribution is -2.37. The molecule has 0 aromatic heterocycles. The first-order valence-corrected chi connectivity index (χ1v) is 7.57. The number of carbonyl (C=O) groups is 1. The third-order valence-electron chi connectivity index (χ3n) is 3.55. The molecule has 1 amide bonds. The summed E-state index contributed by atoms with van der Waals surface area (Å²) >= 11 is 6.04. The van der Waals surface area contributed by atoms with Gasteiger partial charge in [-0.25, -0.2) is 0 Å². The maximum atomic E-state index is 12.6. The van der Waals surface area contributed by atoms with Crippen LogP contribution >= 0.6 is 11.6 Å². The zero-order valence-corrected chi connectivity index (χ0v) is 13.9. The van der Waals surface area contributed by atoms with Gasteiger partial charge in [0.1, 0.15) is 6.04 Å². The van der Waals surface area contributed by atoms with Crippen molar-refractivity contribution in [2.45, 2.75) is 12.6 Å². The Labute approximate surface area is 137 Å². The number of benzene rings is 2. The zero-order chi connectivity index (χ0) is 16.1. The fraction of sp³-hybridized carbons (Fsp3) is 0.278. The van der Waals surface area contributed by atoms with Crippen molar-refractivity contribution < 1.29 is 4.79 Å². The molecule has 0 aliphatic heterocycles. The number of hydrogen-bond donors (Lipinski definition) is 0. The van der Waals surface area contributed by atoms with Crippen LogP contribution in [0.4, 0.5) is 0 Å². The summed E-state index contributed by atoms with van der Waals surface area (Å²) < 4.78 is 0. The van der Waals surface area contributed by atoms with Crippen LogP contribution in [0.15, 0.2) is 54.6 Å². The number of rotatable bonds is 5. The first kappa shape index (κ1) is 16.5. The van der Waals surface area contributed by atoms with Gasteiger partial charge < -0.3 is 4.90 Å². The largest absolute Gasteiger partial charge is 0.347 e. The van der Waals surface area contributed by atoms with Crippen LogP contribution in [-0.2, 0) is 11.3 Å². The van der Waals surface area contributed by atoms with Gasteiger partial charge in [0, 0.05) is 25.7 Å². The summed E-state index contributed by atoms with van der Waals surface area (Å²) in [4.78, 5) is 16.3. The molecule has 0 N–H and O–H groups in total. The molecule has 0 spiro atoms. The van der Waals surface area contributed by atoms with Crippen LogP contribution in [0.2, 0.25) is 5.02 Å². The van der Waals surface area contributed by atoms with Gasteiger partial charge in [-0.15, -0.1) is 0 Å². The standard InChI is InChI=1S/C18H21ClN2O/c1-20(2)18(22)17(15-9-5-4-6-10-15)21(3)13-14-8-7-11-16(19)12-14/h4-12,17H,13H2,1-3H3. The maximum absolute atomic E-state index is 12.6. The van der Waals surface area contributed by atoms with Crippen molar-refractivity contribution in [3.05, 3.63) is 70.7 Å². The van der Waals surface area contributed by atoms with Crippen molar-refractivity contribution in [1.29, 1.82) is 0 Å². The molecule has 22 heavy (non-hydrogen) atoms. The predicted molar refractivity (Wildman–Crippen MR) is 90.8 cm³/mol.